The molecule has 0 atom stereocenters. The molecule has 1 aromatic carbocycles. The Labute approximate surface area is 102 Å². The summed E-state index contributed by atoms with van der Waals surface area (Å²) in [5, 5.41) is 3.44. The van der Waals surface area contributed by atoms with Gasteiger partial charge in [0, 0.05) is 24.2 Å². The van der Waals surface area contributed by atoms with Gasteiger partial charge in [-0.15, -0.1) is 0 Å². The van der Waals surface area contributed by atoms with Crippen LogP contribution in [0.2, 0.25) is 0 Å². The minimum atomic E-state index is 0.0394. The fourth-order valence-corrected chi connectivity index (χ4v) is 3.11. The van der Waals surface area contributed by atoms with Gasteiger partial charge in [-0.3, -0.25) is 0 Å². The molecule has 17 heavy (non-hydrogen) atoms. The molecule has 2 nitrogen and oxygen atoms in total. The predicted octanol–water partition coefficient (Wildman–Crippen LogP) is 2.47. The first-order chi connectivity index (χ1) is 8.12. The number of nitrogen functional groups attached to an aromatic ring is 1. The van der Waals surface area contributed by atoms with Gasteiger partial charge in [0.15, 0.2) is 0 Å². The molecule has 1 aliphatic heterocycles. The van der Waals surface area contributed by atoms with E-state index in [0.717, 1.165) is 18.8 Å². The van der Waals surface area contributed by atoms with Crippen LogP contribution in [0, 0.1) is 0 Å². The lowest BCUT2D eigenvalue weighted by Crippen LogP contribution is -2.27. The number of benzene rings is 1. The topological polar surface area (TPSA) is 38.0 Å². The van der Waals surface area contributed by atoms with Crippen molar-refractivity contribution in [3.63, 3.8) is 0 Å². The Bertz CT molecular complexity index is 536. The second-order valence-corrected chi connectivity index (χ2v) is 5.32. The molecule has 0 radical (unpaired) electrons. The van der Waals surface area contributed by atoms with Crippen LogP contribution < -0.4 is 11.1 Å². The zero-order valence-electron chi connectivity index (χ0n) is 10.4. The van der Waals surface area contributed by atoms with Gasteiger partial charge >= 0.3 is 0 Å². The van der Waals surface area contributed by atoms with Crippen molar-refractivity contribution in [2.75, 3.05) is 18.8 Å². The summed E-state index contributed by atoms with van der Waals surface area (Å²) in [6.45, 7) is 6.43. The van der Waals surface area contributed by atoms with Gasteiger partial charge in [0.05, 0.1) is 0 Å². The Kier molecular flexibility index (Phi) is 2.17. The van der Waals surface area contributed by atoms with Gasteiger partial charge in [-0.1, -0.05) is 38.1 Å². The van der Waals surface area contributed by atoms with Crippen LogP contribution in [0.15, 0.2) is 35.9 Å². The van der Waals surface area contributed by atoms with Gasteiger partial charge in [-0.05, 0) is 28.3 Å². The molecule has 0 aromatic heterocycles. The highest BCUT2D eigenvalue weighted by molar-refractivity contribution is 5.89. The van der Waals surface area contributed by atoms with Crippen molar-refractivity contribution in [2.45, 2.75) is 19.3 Å². The highest BCUT2D eigenvalue weighted by atomic mass is 14.9. The molecular formula is C15H18N2. The number of nitrogens with two attached hydrogens (primary N) is 1. The quantitative estimate of drug-likeness (QED) is 0.667. The molecule has 1 aliphatic carbocycles. The maximum atomic E-state index is 6.17. The number of rotatable bonds is 0. The van der Waals surface area contributed by atoms with Gasteiger partial charge in [-0.25, -0.2) is 0 Å². The first-order valence-electron chi connectivity index (χ1n) is 6.12. The molecule has 0 fully saturated rings. The van der Waals surface area contributed by atoms with Crippen LogP contribution >= 0.6 is 0 Å². The molecular weight excluding hydrogens is 208 g/mol. The van der Waals surface area contributed by atoms with Crippen LogP contribution in [0.5, 0.6) is 0 Å². The molecule has 1 aromatic rings. The van der Waals surface area contributed by atoms with Crippen molar-refractivity contribution in [2.24, 2.45) is 0 Å². The van der Waals surface area contributed by atoms with Crippen LogP contribution in [0.25, 0.3) is 5.57 Å². The van der Waals surface area contributed by atoms with E-state index >= 15 is 0 Å². The standard InChI is InChI=1S/C15H18N2/c1-15(2)12-9-17-8-4-6-10(12)11-5-3-7-13(16)14(11)15/h3-7,17H,8-9,16H2,1-2H3. The maximum Gasteiger partial charge on any atom is 0.0361 e. The fourth-order valence-electron chi connectivity index (χ4n) is 3.11. The van der Waals surface area contributed by atoms with E-state index in [4.69, 9.17) is 5.73 Å². The molecule has 0 unspecified atom stereocenters. The second-order valence-electron chi connectivity index (χ2n) is 5.32. The summed E-state index contributed by atoms with van der Waals surface area (Å²) in [6, 6.07) is 6.24. The zero-order chi connectivity index (χ0) is 12.0. The summed E-state index contributed by atoms with van der Waals surface area (Å²) in [7, 11) is 0. The normalized spacial score (nSPS) is 21.1. The molecule has 0 saturated carbocycles. The third kappa shape index (κ3) is 1.37. The third-order valence-corrected chi connectivity index (χ3v) is 3.94. The average Bonchev–Trinajstić information content (AvgIpc) is 2.48. The number of allylic oxidation sites excluding steroid dienone is 2. The zero-order valence-corrected chi connectivity index (χ0v) is 10.4. The predicted molar refractivity (Wildman–Crippen MR) is 72.8 cm³/mol. The van der Waals surface area contributed by atoms with Crippen LogP contribution in [0.1, 0.15) is 25.0 Å². The first kappa shape index (κ1) is 10.6. The van der Waals surface area contributed by atoms with Crippen molar-refractivity contribution < 1.29 is 0 Å². The van der Waals surface area contributed by atoms with E-state index in [9.17, 15) is 0 Å². The summed E-state index contributed by atoms with van der Waals surface area (Å²) in [5.74, 6) is 0. The van der Waals surface area contributed by atoms with Crippen LogP contribution in [0.3, 0.4) is 0 Å². The van der Waals surface area contributed by atoms with Crippen molar-refractivity contribution >= 4 is 11.3 Å². The Morgan fingerprint density at radius 1 is 1.29 bits per heavy atom. The number of hydrogen-bond donors (Lipinski definition) is 2. The van der Waals surface area contributed by atoms with E-state index in [2.05, 4.69) is 37.4 Å². The van der Waals surface area contributed by atoms with Gasteiger partial charge in [-0.2, -0.15) is 0 Å². The molecule has 0 spiro atoms. The average molecular weight is 226 g/mol. The van der Waals surface area contributed by atoms with Gasteiger partial charge in [0.25, 0.3) is 0 Å². The summed E-state index contributed by atoms with van der Waals surface area (Å²) in [5.41, 5.74) is 12.5. The Morgan fingerprint density at radius 3 is 2.94 bits per heavy atom. The number of hydrogen-bond acceptors (Lipinski definition) is 2. The largest absolute Gasteiger partial charge is 0.398 e. The second kappa shape index (κ2) is 3.47. The van der Waals surface area contributed by atoms with E-state index in [0.29, 0.717) is 0 Å². The Balaban J connectivity index is 2.30. The molecule has 2 heteroatoms. The number of nitrogens with one attached hydrogen (secondary N) is 1. The highest BCUT2D eigenvalue weighted by Crippen LogP contribution is 2.48. The minimum Gasteiger partial charge on any atom is -0.398 e. The lowest BCUT2D eigenvalue weighted by molar-refractivity contribution is 0.605. The monoisotopic (exact) mass is 226 g/mol. The molecule has 0 bridgehead atoms. The Hall–Kier alpha value is -1.54. The molecule has 3 N–H and O–H groups in total. The number of anilines is 1. The van der Waals surface area contributed by atoms with Gasteiger partial charge < -0.3 is 11.1 Å². The van der Waals surface area contributed by atoms with Gasteiger partial charge in [0.2, 0.25) is 0 Å². The third-order valence-electron chi connectivity index (χ3n) is 3.94. The lowest BCUT2D eigenvalue weighted by Gasteiger charge is -2.26. The molecule has 0 amide bonds. The van der Waals surface area contributed by atoms with E-state index < -0.39 is 0 Å². The summed E-state index contributed by atoms with van der Waals surface area (Å²) < 4.78 is 0. The van der Waals surface area contributed by atoms with E-state index in [-0.39, 0.29) is 5.41 Å². The van der Waals surface area contributed by atoms with Crippen molar-refractivity contribution in [3.8, 4) is 0 Å². The smallest absolute Gasteiger partial charge is 0.0361 e. The van der Waals surface area contributed by atoms with Crippen molar-refractivity contribution in [3.05, 3.63) is 47.1 Å². The molecule has 88 valence electrons. The van der Waals surface area contributed by atoms with Gasteiger partial charge in [0.1, 0.15) is 0 Å². The SMILES string of the molecule is CC1(C)C2=C(C=CCNC2)c2cccc(N)c21. The van der Waals surface area contributed by atoms with E-state index in [1.807, 2.05) is 12.1 Å². The molecule has 0 saturated heterocycles. The molecule has 2 aliphatic rings. The van der Waals surface area contributed by atoms with Crippen molar-refractivity contribution in [1.29, 1.82) is 0 Å². The van der Waals surface area contributed by atoms with Crippen LogP contribution in [0.4, 0.5) is 5.69 Å². The lowest BCUT2D eigenvalue weighted by atomic mass is 9.80. The molecule has 1 heterocycles. The summed E-state index contributed by atoms with van der Waals surface area (Å²) in [6.07, 6.45) is 4.43. The minimum absolute atomic E-state index is 0.0394. The first-order valence-corrected chi connectivity index (χ1v) is 6.12. The van der Waals surface area contributed by atoms with E-state index in [1.54, 1.807) is 0 Å². The summed E-state index contributed by atoms with van der Waals surface area (Å²) in [4.78, 5) is 0. The van der Waals surface area contributed by atoms with E-state index in [1.165, 1.54) is 22.3 Å². The van der Waals surface area contributed by atoms with Crippen molar-refractivity contribution in [1.82, 2.24) is 5.32 Å². The summed E-state index contributed by atoms with van der Waals surface area (Å²) >= 11 is 0. The van der Waals surface area contributed by atoms with Crippen LogP contribution in [-0.4, -0.2) is 13.1 Å². The highest BCUT2D eigenvalue weighted by Gasteiger charge is 2.38. The molecule has 3 rings (SSSR count). The van der Waals surface area contributed by atoms with Crippen LogP contribution in [-0.2, 0) is 5.41 Å². The fraction of sp³-hybridized carbons (Fsp3) is 0.333. The Morgan fingerprint density at radius 2 is 2.12 bits per heavy atom. The number of fused-ring (bicyclic) bond motifs is 2. The maximum absolute atomic E-state index is 6.17.